The average molecular weight is 616 g/mol. The Balaban J connectivity index is 1.11. The molecule has 232 valence electrons. The smallest absolute Gasteiger partial charge is 0.353 e. The van der Waals surface area contributed by atoms with Crippen molar-refractivity contribution in [1.29, 1.82) is 0 Å². The van der Waals surface area contributed by atoms with Crippen molar-refractivity contribution in [2.24, 2.45) is 23.2 Å². The molecular formula is C27H37N9O6S. The quantitative estimate of drug-likeness (QED) is 0.144. The van der Waals surface area contributed by atoms with E-state index in [1.54, 1.807) is 13.0 Å². The maximum atomic E-state index is 13.5. The molecule has 3 amide bonds. The standard InChI is InChI=1S/C27H37N9O6S/c1-3-17-21-20(14(2)31-19(38)9-35-13-30-32-33-35)25(40)36(21)22(26(41)42)23(17)43-16-6-18(29-8-16)24(39)34-5-4-15-7-28-10-27(15,11-34)12-37/h3,13-18,20-21,28-29,37H,1,4-12H2,2H3,(H,31,38)(H,41,42)/t14-,15?,16+,17-,18+,20-,21-,27?/m1/s1. The maximum Gasteiger partial charge on any atom is 0.353 e. The lowest BCUT2D eigenvalue weighted by Gasteiger charge is -2.47. The van der Waals surface area contributed by atoms with E-state index in [1.807, 2.05) is 4.90 Å². The Morgan fingerprint density at radius 2 is 2.16 bits per heavy atom. The molecule has 0 saturated carbocycles. The van der Waals surface area contributed by atoms with Crippen molar-refractivity contribution < 1.29 is 29.4 Å². The number of piperidine rings is 1. The number of aromatic nitrogens is 4. The van der Waals surface area contributed by atoms with Crippen molar-refractivity contribution in [3.05, 3.63) is 29.6 Å². The van der Waals surface area contributed by atoms with E-state index in [9.17, 15) is 29.4 Å². The number of thioether (sulfide) groups is 1. The molecule has 1 aromatic rings. The molecular weight excluding hydrogens is 578 g/mol. The zero-order valence-corrected chi connectivity index (χ0v) is 24.7. The molecule has 5 aliphatic rings. The molecule has 4 fully saturated rings. The number of aliphatic hydroxyl groups is 1. The number of carbonyl (C=O) groups is 4. The molecule has 15 nitrogen and oxygen atoms in total. The third kappa shape index (κ3) is 5.13. The number of hydrogen-bond donors (Lipinski definition) is 5. The highest BCUT2D eigenvalue weighted by atomic mass is 32.2. The van der Waals surface area contributed by atoms with Gasteiger partial charge in [-0.05, 0) is 42.7 Å². The van der Waals surface area contributed by atoms with Gasteiger partial charge in [0.2, 0.25) is 17.7 Å². The van der Waals surface area contributed by atoms with Gasteiger partial charge in [0, 0.05) is 53.7 Å². The number of β-lactam (4-membered cyclic amide) rings is 1. The summed E-state index contributed by atoms with van der Waals surface area (Å²) in [7, 11) is 0. The van der Waals surface area contributed by atoms with Crippen LogP contribution >= 0.6 is 11.8 Å². The second kappa shape index (κ2) is 11.6. The van der Waals surface area contributed by atoms with Crippen molar-refractivity contribution in [1.82, 2.24) is 46.0 Å². The van der Waals surface area contributed by atoms with E-state index in [2.05, 4.69) is 38.1 Å². The molecule has 8 atom stereocenters. The van der Waals surface area contributed by atoms with Gasteiger partial charge in [-0.15, -0.1) is 23.4 Å². The van der Waals surface area contributed by atoms with Gasteiger partial charge in [-0.25, -0.2) is 9.48 Å². The van der Waals surface area contributed by atoms with Crippen LogP contribution in [0.25, 0.3) is 0 Å². The minimum Gasteiger partial charge on any atom is -0.477 e. The van der Waals surface area contributed by atoms with Gasteiger partial charge in [0.1, 0.15) is 18.6 Å². The predicted molar refractivity (Wildman–Crippen MR) is 153 cm³/mol. The number of hydrogen-bond acceptors (Lipinski definition) is 11. The van der Waals surface area contributed by atoms with Crippen LogP contribution in [0.1, 0.15) is 19.8 Å². The lowest BCUT2D eigenvalue weighted by Crippen LogP contribution is -2.66. The molecule has 16 heteroatoms. The first-order chi connectivity index (χ1) is 20.7. The predicted octanol–water partition coefficient (Wildman–Crippen LogP) is -1.99. The number of tetrazole rings is 1. The Morgan fingerprint density at radius 1 is 1.35 bits per heavy atom. The summed E-state index contributed by atoms with van der Waals surface area (Å²) in [6.07, 6.45) is 4.35. The molecule has 6 rings (SSSR count). The third-order valence-corrected chi connectivity index (χ3v) is 11.1. The van der Waals surface area contributed by atoms with Gasteiger partial charge in [-0.1, -0.05) is 6.08 Å². The van der Waals surface area contributed by atoms with E-state index in [-0.39, 0.29) is 47.2 Å². The van der Waals surface area contributed by atoms with Crippen LogP contribution in [0.5, 0.6) is 0 Å². The van der Waals surface area contributed by atoms with Gasteiger partial charge in [-0.2, -0.15) is 0 Å². The minimum absolute atomic E-state index is 0.00528. The normalized spacial score (nSPS) is 34.0. The molecule has 43 heavy (non-hydrogen) atoms. The molecule has 0 spiro atoms. The molecule has 4 saturated heterocycles. The number of likely N-dealkylation sites (tertiary alicyclic amines) is 1. The second-order valence-electron chi connectivity index (χ2n) is 12.2. The van der Waals surface area contributed by atoms with Crippen LogP contribution in [0.15, 0.2) is 29.6 Å². The fraction of sp³-hybridized carbons (Fsp3) is 0.667. The number of nitrogens with zero attached hydrogens (tertiary/aromatic N) is 6. The molecule has 5 N–H and O–H groups in total. The highest BCUT2D eigenvalue weighted by Crippen LogP contribution is 2.52. The zero-order valence-electron chi connectivity index (χ0n) is 23.9. The molecule has 2 unspecified atom stereocenters. The SMILES string of the molecule is C=C[C@H]1C(S[C@@H]2CN[C@H](C(=O)N3CCC4CNCC4(CO)C3)C2)=C(C(=O)O)N2C(=O)[C@H]([C@@H](C)NC(=O)Cn3cnnn3)[C@@H]12. The zero-order chi connectivity index (χ0) is 30.5. The maximum absolute atomic E-state index is 13.5. The van der Waals surface area contributed by atoms with Crippen molar-refractivity contribution in [3.63, 3.8) is 0 Å². The summed E-state index contributed by atoms with van der Waals surface area (Å²) < 4.78 is 1.27. The van der Waals surface area contributed by atoms with Crippen LogP contribution in [0.3, 0.4) is 0 Å². The summed E-state index contributed by atoms with van der Waals surface area (Å²) in [6, 6.07) is -1.45. The number of carbonyl (C=O) groups excluding carboxylic acids is 3. The monoisotopic (exact) mass is 615 g/mol. The molecule has 0 aliphatic carbocycles. The van der Waals surface area contributed by atoms with Gasteiger partial charge < -0.3 is 36.0 Å². The Morgan fingerprint density at radius 3 is 2.86 bits per heavy atom. The number of aliphatic carboxylic acids is 1. The number of rotatable bonds is 10. The van der Waals surface area contributed by atoms with E-state index in [1.165, 1.54) is 27.7 Å². The fourth-order valence-corrected chi connectivity index (χ4v) is 9.04. The van der Waals surface area contributed by atoms with Gasteiger partial charge in [0.15, 0.2) is 0 Å². The first kappa shape index (κ1) is 29.7. The molecule has 1 aromatic heterocycles. The van der Waals surface area contributed by atoms with E-state index >= 15 is 0 Å². The summed E-state index contributed by atoms with van der Waals surface area (Å²) in [4.78, 5) is 55.5. The molecule has 0 radical (unpaired) electrons. The number of nitrogens with one attached hydrogen (secondary N) is 3. The van der Waals surface area contributed by atoms with Gasteiger partial charge in [0.05, 0.1) is 24.6 Å². The largest absolute Gasteiger partial charge is 0.477 e. The van der Waals surface area contributed by atoms with Crippen LogP contribution in [-0.2, 0) is 25.7 Å². The minimum atomic E-state index is -1.19. The number of amides is 3. The van der Waals surface area contributed by atoms with Crippen LogP contribution < -0.4 is 16.0 Å². The van der Waals surface area contributed by atoms with E-state index in [4.69, 9.17) is 0 Å². The van der Waals surface area contributed by atoms with Crippen LogP contribution in [0, 0.1) is 23.2 Å². The summed E-state index contributed by atoms with van der Waals surface area (Å²) in [5.41, 5.74) is -0.354. The van der Waals surface area contributed by atoms with Gasteiger partial charge in [0.25, 0.3) is 0 Å². The first-order valence-corrected chi connectivity index (χ1v) is 15.5. The van der Waals surface area contributed by atoms with Crippen molar-refractivity contribution in [2.75, 3.05) is 39.3 Å². The molecule has 5 aliphatic heterocycles. The van der Waals surface area contributed by atoms with Crippen LogP contribution in [-0.4, -0.2) is 127 Å². The van der Waals surface area contributed by atoms with Crippen LogP contribution in [0.2, 0.25) is 0 Å². The average Bonchev–Trinajstić information content (AvgIpc) is 3.78. The topological polar surface area (TPSA) is 195 Å². The Hall–Kier alpha value is -3.34. The lowest BCUT2D eigenvalue weighted by molar-refractivity contribution is -0.158. The van der Waals surface area contributed by atoms with Crippen LogP contribution in [0.4, 0.5) is 0 Å². The summed E-state index contributed by atoms with van der Waals surface area (Å²) in [5.74, 6) is -2.61. The van der Waals surface area contributed by atoms with Gasteiger partial charge in [-0.3, -0.25) is 14.4 Å². The Labute approximate surface area is 252 Å². The van der Waals surface area contributed by atoms with Gasteiger partial charge >= 0.3 is 5.97 Å². The Kier molecular flexibility index (Phi) is 8.04. The van der Waals surface area contributed by atoms with E-state index in [0.29, 0.717) is 43.4 Å². The van der Waals surface area contributed by atoms with Crippen molar-refractivity contribution in [3.8, 4) is 0 Å². The third-order valence-electron chi connectivity index (χ3n) is 9.71. The van der Waals surface area contributed by atoms with Crippen molar-refractivity contribution >= 4 is 35.5 Å². The second-order valence-corrected chi connectivity index (χ2v) is 13.5. The Bertz CT molecular complexity index is 1340. The van der Waals surface area contributed by atoms with Crippen molar-refractivity contribution in [2.45, 2.75) is 49.7 Å². The lowest BCUT2D eigenvalue weighted by atomic mass is 9.74. The highest BCUT2D eigenvalue weighted by molar-refractivity contribution is 8.03. The first-order valence-electron chi connectivity index (χ1n) is 14.6. The summed E-state index contributed by atoms with van der Waals surface area (Å²) in [5, 5.41) is 40.4. The number of carboxylic acids is 1. The van der Waals surface area contributed by atoms with E-state index < -0.39 is 35.9 Å². The molecule has 0 bridgehead atoms. The highest BCUT2D eigenvalue weighted by Gasteiger charge is 2.61. The fourth-order valence-electron chi connectivity index (χ4n) is 7.52. The number of aliphatic hydroxyl groups excluding tert-OH is 1. The van der Waals surface area contributed by atoms with E-state index in [0.717, 1.165) is 13.0 Å². The summed E-state index contributed by atoms with van der Waals surface area (Å²) >= 11 is 1.39. The number of carboxylic acid groups (broad SMARTS) is 1. The molecule has 6 heterocycles. The molecule has 0 aromatic carbocycles. The summed E-state index contributed by atoms with van der Waals surface area (Å²) in [6.45, 7) is 8.87. The number of fused-ring (bicyclic) bond motifs is 2.